The molecule has 0 aliphatic carbocycles. The molecule has 1 aromatic heterocycles. The Balaban J connectivity index is 1.60. The first-order valence-corrected chi connectivity index (χ1v) is 15.5. The summed E-state index contributed by atoms with van der Waals surface area (Å²) >= 11 is 0. The largest absolute Gasteiger partial charge is 0.469 e. The maximum atomic E-state index is 12.5. The molecule has 0 atom stereocenters. The molecular weight excluding hydrogens is 584 g/mol. The summed E-state index contributed by atoms with van der Waals surface area (Å²) in [6, 6.07) is 7.35. The van der Waals surface area contributed by atoms with Crippen LogP contribution in [0.1, 0.15) is 84.1 Å². The van der Waals surface area contributed by atoms with Gasteiger partial charge < -0.3 is 19.1 Å². The highest BCUT2D eigenvalue weighted by Crippen LogP contribution is 2.24. The number of non-ortho nitro benzene ring substituents is 1. The summed E-state index contributed by atoms with van der Waals surface area (Å²) in [4.78, 5) is 46.8. The molecule has 1 amide bonds. The lowest BCUT2D eigenvalue weighted by molar-refractivity contribution is -0.601. The van der Waals surface area contributed by atoms with Gasteiger partial charge in [0.2, 0.25) is 0 Å². The molecule has 0 unspecified atom stereocenters. The molecule has 0 spiro atoms. The van der Waals surface area contributed by atoms with Gasteiger partial charge >= 0.3 is 17.7 Å². The Morgan fingerprint density at radius 1 is 0.889 bits per heavy atom. The fourth-order valence-corrected chi connectivity index (χ4v) is 4.63. The van der Waals surface area contributed by atoms with E-state index in [2.05, 4.69) is 0 Å². The standard InChI is InChI=1S/C32H47N4O9/c1-32(2,3)45-31(38)33(21-18-30(37)43-4)19-10-8-6-5-7-9-11-22-44-23-13-15-26-14-12-20-34(25-26)28-17-16-27(35(39)40)24-29(28)36(41)42/h12,14,16-17,20,24-25H,5-11,13,15,18-19,21-23H2,1-4H3/q+1. The van der Waals surface area contributed by atoms with Crippen molar-refractivity contribution < 1.29 is 38.2 Å². The molecule has 13 heteroatoms. The quantitative estimate of drug-likeness (QED) is 0.0541. The van der Waals surface area contributed by atoms with E-state index in [1.54, 1.807) is 27.9 Å². The lowest BCUT2D eigenvalue weighted by Crippen LogP contribution is -2.38. The van der Waals surface area contributed by atoms with E-state index in [0.29, 0.717) is 19.8 Å². The lowest BCUT2D eigenvalue weighted by atomic mass is 10.1. The molecule has 0 N–H and O–H groups in total. The van der Waals surface area contributed by atoms with Gasteiger partial charge in [-0.3, -0.25) is 25.0 Å². The Labute approximate surface area is 264 Å². The number of carbonyl (C=O) groups excluding carboxylic acids is 2. The summed E-state index contributed by atoms with van der Waals surface area (Å²) in [5.74, 6) is -0.353. The minimum atomic E-state index is -0.650. The number of pyridine rings is 1. The van der Waals surface area contributed by atoms with Crippen LogP contribution in [0.5, 0.6) is 0 Å². The molecule has 0 radical (unpaired) electrons. The zero-order chi connectivity index (χ0) is 33.2. The first kappa shape index (κ1) is 37.1. The molecule has 1 aromatic carbocycles. The van der Waals surface area contributed by atoms with Gasteiger partial charge in [0.15, 0.2) is 12.4 Å². The number of esters is 1. The molecule has 0 aliphatic rings. The maximum Gasteiger partial charge on any atom is 0.410 e. The van der Waals surface area contributed by atoms with Gasteiger partial charge in [-0.1, -0.05) is 32.1 Å². The van der Waals surface area contributed by atoms with Gasteiger partial charge in [0, 0.05) is 50.1 Å². The number of aromatic nitrogens is 1. The van der Waals surface area contributed by atoms with Gasteiger partial charge in [0.25, 0.3) is 11.4 Å². The Bertz CT molecular complexity index is 1260. The van der Waals surface area contributed by atoms with Gasteiger partial charge in [0.1, 0.15) is 11.7 Å². The van der Waals surface area contributed by atoms with Crippen LogP contribution in [0.2, 0.25) is 0 Å². The minimum Gasteiger partial charge on any atom is -0.469 e. The zero-order valence-electron chi connectivity index (χ0n) is 26.9. The number of methoxy groups -OCH3 is 1. The van der Waals surface area contributed by atoms with Crippen LogP contribution in [0, 0.1) is 20.2 Å². The van der Waals surface area contributed by atoms with Crippen molar-refractivity contribution in [2.75, 3.05) is 33.4 Å². The molecule has 13 nitrogen and oxygen atoms in total. The maximum absolute atomic E-state index is 12.5. The van der Waals surface area contributed by atoms with Gasteiger partial charge in [-0.25, -0.2) is 4.79 Å². The van der Waals surface area contributed by atoms with E-state index in [4.69, 9.17) is 14.2 Å². The SMILES string of the molecule is COC(=O)CCN(CCCCCCCCCOCCCc1ccc[n+](-c2ccc([N+](=O)[O-])cc2[N+](=O)[O-])c1)C(=O)OC(C)(C)C. The first-order valence-electron chi connectivity index (χ1n) is 15.5. The monoisotopic (exact) mass is 631 g/mol. The van der Waals surface area contributed by atoms with E-state index in [9.17, 15) is 29.8 Å². The Hall–Kier alpha value is -4.13. The third kappa shape index (κ3) is 14.5. The van der Waals surface area contributed by atoms with E-state index >= 15 is 0 Å². The predicted molar refractivity (Wildman–Crippen MR) is 167 cm³/mol. The van der Waals surface area contributed by atoms with Gasteiger partial charge in [-0.15, -0.1) is 0 Å². The number of nitro groups is 2. The van der Waals surface area contributed by atoms with Crippen LogP contribution in [0.3, 0.4) is 0 Å². The van der Waals surface area contributed by atoms with E-state index in [-0.39, 0.29) is 36.0 Å². The van der Waals surface area contributed by atoms with E-state index in [1.807, 2.05) is 26.8 Å². The van der Waals surface area contributed by atoms with Gasteiger partial charge in [-0.05, 0) is 52.5 Å². The van der Waals surface area contributed by atoms with Crippen molar-refractivity contribution in [1.29, 1.82) is 0 Å². The highest BCUT2D eigenvalue weighted by atomic mass is 16.6. The second kappa shape index (κ2) is 19.3. The summed E-state index contributed by atoms with van der Waals surface area (Å²) in [5, 5.41) is 22.5. The smallest absolute Gasteiger partial charge is 0.410 e. The number of ether oxygens (including phenoxy) is 3. The third-order valence-corrected chi connectivity index (χ3v) is 6.94. The fourth-order valence-electron chi connectivity index (χ4n) is 4.63. The minimum absolute atomic E-state index is 0.140. The van der Waals surface area contributed by atoms with Crippen LogP contribution in [0.15, 0.2) is 42.7 Å². The number of nitrogens with zero attached hydrogens (tertiary/aromatic N) is 4. The lowest BCUT2D eigenvalue weighted by Gasteiger charge is -2.27. The van der Waals surface area contributed by atoms with E-state index in [1.165, 1.54) is 19.2 Å². The molecule has 0 saturated carbocycles. The molecule has 248 valence electrons. The van der Waals surface area contributed by atoms with Crippen LogP contribution in [-0.4, -0.2) is 65.8 Å². The second-order valence-electron chi connectivity index (χ2n) is 11.8. The average molecular weight is 632 g/mol. The molecule has 2 aromatic rings. The summed E-state index contributed by atoms with van der Waals surface area (Å²) in [5.41, 5.74) is -0.00462. The van der Waals surface area contributed by atoms with Crippen molar-refractivity contribution in [3.63, 3.8) is 0 Å². The topological polar surface area (TPSA) is 155 Å². The number of unbranched alkanes of at least 4 members (excludes halogenated alkanes) is 6. The van der Waals surface area contributed by atoms with E-state index in [0.717, 1.165) is 69.4 Å². The van der Waals surface area contributed by atoms with Gasteiger partial charge in [-0.2, -0.15) is 4.57 Å². The molecule has 0 aliphatic heterocycles. The summed E-state index contributed by atoms with van der Waals surface area (Å²) in [6.07, 6.45) is 11.9. The number of hydrogen-bond acceptors (Lipinski definition) is 9. The van der Waals surface area contributed by atoms with Crippen LogP contribution < -0.4 is 4.57 Å². The Kier molecular flexibility index (Phi) is 15.9. The Morgan fingerprint density at radius 2 is 1.56 bits per heavy atom. The number of nitro benzene ring substituents is 2. The number of benzene rings is 1. The number of amides is 1. The fraction of sp³-hybridized carbons (Fsp3) is 0.594. The zero-order valence-corrected chi connectivity index (χ0v) is 26.9. The molecular formula is C32H47N4O9+. The molecule has 0 bridgehead atoms. The van der Waals surface area contributed by atoms with Crippen LogP contribution >= 0.6 is 0 Å². The molecule has 2 rings (SSSR count). The molecule has 45 heavy (non-hydrogen) atoms. The van der Waals surface area contributed by atoms with Crippen LogP contribution in [0.4, 0.5) is 16.2 Å². The predicted octanol–water partition coefficient (Wildman–Crippen LogP) is 6.26. The number of hydrogen-bond donors (Lipinski definition) is 0. The number of aryl methyl sites for hydroxylation is 1. The van der Waals surface area contributed by atoms with Crippen molar-refractivity contribution in [3.8, 4) is 5.69 Å². The van der Waals surface area contributed by atoms with E-state index < -0.39 is 21.5 Å². The number of carbonyl (C=O) groups is 2. The average Bonchev–Trinajstić information content (AvgIpc) is 2.99. The summed E-state index contributed by atoms with van der Waals surface area (Å²) in [6.45, 7) is 7.57. The van der Waals surface area contributed by atoms with Crippen molar-refractivity contribution >= 4 is 23.4 Å². The molecule has 0 fully saturated rings. The van der Waals surface area contributed by atoms with Crippen LogP contribution in [0.25, 0.3) is 5.69 Å². The highest BCUT2D eigenvalue weighted by molar-refractivity contribution is 5.72. The van der Waals surface area contributed by atoms with Crippen molar-refractivity contribution in [1.82, 2.24) is 4.90 Å². The molecule has 1 heterocycles. The molecule has 0 saturated heterocycles. The van der Waals surface area contributed by atoms with Crippen molar-refractivity contribution in [2.45, 2.75) is 90.6 Å². The third-order valence-electron chi connectivity index (χ3n) is 6.94. The second-order valence-corrected chi connectivity index (χ2v) is 11.8. The van der Waals surface area contributed by atoms with Crippen molar-refractivity contribution in [3.05, 3.63) is 68.5 Å². The summed E-state index contributed by atoms with van der Waals surface area (Å²) in [7, 11) is 1.33. The first-order chi connectivity index (χ1) is 21.4. The van der Waals surface area contributed by atoms with Gasteiger partial charge in [0.05, 0.1) is 23.4 Å². The highest BCUT2D eigenvalue weighted by Gasteiger charge is 2.26. The van der Waals surface area contributed by atoms with Crippen molar-refractivity contribution in [2.24, 2.45) is 0 Å². The summed E-state index contributed by atoms with van der Waals surface area (Å²) < 4.78 is 17.6. The normalized spacial score (nSPS) is 11.2. The number of rotatable bonds is 20. The Morgan fingerprint density at radius 3 is 2.20 bits per heavy atom. The van der Waals surface area contributed by atoms with Crippen LogP contribution in [-0.2, 0) is 25.4 Å².